The zero-order valence-corrected chi connectivity index (χ0v) is 63.3. The molecule has 5 atom stereocenters. The Kier molecular flexibility index (Phi) is 20.3. The summed E-state index contributed by atoms with van der Waals surface area (Å²) in [5.74, 6) is 2.60. The SMILES string of the molecule is CC(C)n1cc(-c2ccc3c(n2)N(C(=O)Nc2cnccn2)[C@H]2CCN3C2)cn1.Cc1ccc(-c2ccc3c(n2)N(C(=O)NC2CCOC2)[C@H]2CCN3C2)cn1.Cc1ncc(-c2ccc3c(n2)N(C(=O)Nc2cccnc2)[C@H]2CCN3C2)cc1F.Cc1ncc(-c2ccc3c(n2)N(C(=O)Nc2cnccn2)[C@H]2CCN3C2)cc1F. The van der Waals surface area contributed by atoms with Gasteiger partial charge < -0.3 is 35.0 Å². The van der Waals surface area contributed by atoms with Crippen molar-refractivity contribution in [3.63, 3.8) is 0 Å². The van der Waals surface area contributed by atoms with Crippen LogP contribution in [0.1, 0.15) is 69.1 Å². The Morgan fingerprint density at radius 2 is 0.886 bits per heavy atom. The van der Waals surface area contributed by atoms with Crippen molar-refractivity contribution in [1.82, 2.24) is 74.9 Å². The molecule has 0 aromatic carbocycles. The molecule has 11 aromatic heterocycles. The van der Waals surface area contributed by atoms with Gasteiger partial charge in [0.25, 0.3) is 0 Å². The second kappa shape index (κ2) is 31.4. The monoisotopic (exact) mass is 1540 g/mol. The number of hydrogen-bond donors (Lipinski definition) is 4. The quantitative estimate of drug-likeness (QED) is 0.104. The standard InChI is InChI=1S/C21H19FN6O.C20H18FN7O.C20H22N8O.C20H23N5O2/c1-13-17(22)9-14(10-24-13)18-4-5-19-20(26-18)28(16-6-8-27(19)12-16)21(29)25-15-3-2-7-23-11-15;1-12-15(21)8-13(9-24-12)16-2-3-17-19(25-16)28(14-4-7-27(17)11-14)20(29)26-18-10-22-5-6-23-18;1-13(2)27-11-14(9-23-27)16-3-4-17-19(24-16)28(15-5-8-26(17)12-15)20(29)25-18-10-21-6-7-22-18;1-13-2-3-14(10-21-13)17-4-5-18-19(23-17)25(16-6-8-24(18)11-16)20(26)22-15-7-9-27-12-15/h2-5,7,9-11,16H,6,8,12H2,1H3,(H,25,29);2-3,5-6,8-10,14H,4,7,11H2,1H3,(H,23,26,29);3-4,6-7,9-11,13,15H,5,8,12H2,1-2H3,(H,22,25,29);2-5,10,15-16H,6-9,11-12H2,1H3,(H,22,26)/t16-;14-;15-;15?,16-/m0000/s1. The van der Waals surface area contributed by atoms with E-state index in [-0.39, 0.29) is 72.0 Å². The maximum Gasteiger partial charge on any atom is 0.329 e. The second-order valence-corrected chi connectivity index (χ2v) is 29.5. The van der Waals surface area contributed by atoms with Crippen molar-refractivity contribution in [2.45, 2.75) is 103 Å². The number of urea groups is 4. The van der Waals surface area contributed by atoms with Crippen LogP contribution in [0.2, 0.25) is 0 Å². The van der Waals surface area contributed by atoms with Crippen molar-refractivity contribution in [3.05, 3.63) is 194 Å². The summed E-state index contributed by atoms with van der Waals surface area (Å²) < 4.78 is 35.3. The van der Waals surface area contributed by atoms with Gasteiger partial charge in [0.2, 0.25) is 0 Å². The second-order valence-electron chi connectivity index (χ2n) is 29.5. The lowest BCUT2D eigenvalue weighted by molar-refractivity contribution is 0.189. The van der Waals surface area contributed by atoms with Gasteiger partial charge in [0.15, 0.2) is 34.9 Å². The number of rotatable bonds is 9. The van der Waals surface area contributed by atoms with Crippen LogP contribution >= 0.6 is 0 Å². The van der Waals surface area contributed by atoms with E-state index in [1.54, 1.807) is 84.1 Å². The number of amides is 8. The highest BCUT2D eigenvalue weighted by Crippen LogP contribution is 2.45. The Bertz CT molecular complexity index is 5240. The predicted octanol–water partition coefficient (Wildman–Crippen LogP) is 11.9. The molecular formula is C81H82F2N26O5. The summed E-state index contributed by atoms with van der Waals surface area (Å²) in [6, 6.07) is 25.9. The first-order valence-electron chi connectivity index (χ1n) is 38.2. The molecule has 0 aliphatic carbocycles. The van der Waals surface area contributed by atoms with E-state index in [0.29, 0.717) is 81.9 Å². The van der Waals surface area contributed by atoms with E-state index in [9.17, 15) is 28.0 Å². The number of anilines is 11. The minimum absolute atomic E-state index is 0.00907. The first kappa shape index (κ1) is 73.5. The van der Waals surface area contributed by atoms with Gasteiger partial charge in [0.05, 0.1) is 124 Å². The summed E-state index contributed by atoms with van der Waals surface area (Å²) in [7, 11) is 0. The number of ether oxygens (including phenoxy) is 1. The third-order valence-corrected chi connectivity index (χ3v) is 21.7. The topological polar surface area (TPSA) is 324 Å². The van der Waals surface area contributed by atoms with Gasteiger partial charge in [-0.2, -0.15) is 5.10 Å². The van der Waals surface area contributed by atoms with E-state index in [4.69, 9.17) is 24.7 Å². The van der Waals surface area contributed by atoms with Crippen LogP contribution in [-0.4, -0.2) is 189 Å². The lowest BCUT2D eigenvalue weighted by atomic mass is 10.1. The molecule has 31 nitrogen and oxygen atoms in total. The van der Waals surface area contributed by atoms with Crippen molar-refractivity contribution in [2.24, 2.45) is 0 Å². The molecule has 5 saturated heterocycles. The number of carbonyl (C=O) groups excluding carboxylic acids is 4. The fourth-order valence-corrected chi connectivity index (χ4v) is 15.8. The van der Waals surface area contributed by atoms with Crippen LogP contribution in [0.3, 0.4) is 0 Å². The van der Waals surface area contributed by atoms with E-state index in [0.717, 1.165) is 141 Å². The molecule has 0 saturated carbocycles. The van der Waals surface area contributed by atoms with Gasteiger partial charge in [-0.3, -0.25) is 64.8 Å². The number of halogens is 2. The molecule has 114 heavy (non-hydrogen) atoms. The average Bonchev–Trinajstić information content (AvgIpc) is 1.62. The van der Waals surface area contributed by atoms with Gasteiger partial charge in [0, 0.05) is 149 Å². The largest absolute Gasteiger partial charge is 0.379 e. The van der Waals surface area contributed by atoms with Crippen LogP contribution in [0.5, 0.6) is 0 Å². The van der Waals surface area contributed by atoms with E-state index in [2.05, 4.69) is 112 Å². The van der Waals surface area contributed by atoms with Gasteiger partial charge in [-0.25, -0.2) is 57.9 Å². The molecule has 580 valence electrons. The minimum Gasteiger partial charge on any atom is -0.379 e. The maximum absolute atomic E-state index is 14.0. The van der Waals surface area contributed by atoms with Crippen molar-refractivity contribution < 1.29 is 32.7 Å². The Hall–Kier alpha value is -13.3. The summed E-state index contributed by atoms with van der Waals surface area (Å²) >= 11 is 0. The number of pyridine rings is 8. The third kappa shape index (κ3) is 15.0. The molecule has 4 N–H and O–H groups in total. The van der Waals surface area contributed by atoms with Gasteiger partial charge in [-0.15, -0.1) is 0 Å². The molecule has 8 bridgehead atoms. The van der Waals surface area contributed by atoms with Crippen molar-refractivity contribution in [2.75, 3.05) is 121 Å². The molecule has 0 radical (unpaired) electrons. The molecule has 8 amide bonds. The highest BCUT2D eigenvalue weighted by molar-refractivity contribution is 6.07. The van der Waals surface area contributed by atoms with Crippen LogP contribution in [-0.2, 0) is 4.74 Å². The van der Waals surface area contributed by atoms with Gasteiger partial charge >= 0.3 is 24.1 Å². The van der Waals surface area contributed by atoms with Gasteiger partial charge in [0.1, 0.15) is 11.6 Å². The van der Waals surface area contributed by atoms with E-state index < -0.39 is 0 Å². The molecule has 9 aliphatic heterocycles. The smallest absolute Gasteiger partial charge is 0.329 e. The molecule has 11 aromatic rings. The van der Waals surface area contributed by atoms with Crippen molar-refractivity contribution in [1.29, 1.82) is 0 Å². The summed E-state index contributed by atoms with van der Waals surface area (Å²) in [6.45, 7) is 17.5. The first-order chi connectivity index (χ1) is 55.5. The Morgan fingerprint density at radius 3 is 1.28 bits per heavy atom. The van der Waals surface area contributed by atoms with Crippen LogP contribution in [0.4, 0.5) is 91.3 Å². The number of nitrogens with one attached hydrogen (secondary N) is 4. The van der Waals surface area contributed by atoms with E-state index in [1.807, 2.05) is 83.6 Å². The molecule has 20 heterocycles. The number of aryl methyl sites for hydroxylation is 3. The third-order valence-electron chi connectivity index (χ3n) is 21.7. The molecule has 33 heteroatoms. The molecule has 5 fully saturated rings. The van der Waals surface area contributed by atoms with Crippen LogP contribution in [0, 0.1) is 32.4 Å². The molecule has 1 unspecified atom stereocenters. The number of carbonyl (C=O) groups is 4. The van der Waals surface area contributed by atoms with E-state index in [1.165, 1.54) is 30.7 Å². The fraction of sp³-hybridized carbons (Fsp3) is 0.321. The predicted molar refractivity (Wildman–Crippen MR) is 428 cm³/mol. The Balaban J connectivity index is 0.000000110. The average molecular weight is 1540 g/mol. The number of hydrogen-bond acceptors (Lipinski definition) is 22. The maximum atomic E-state index is 14.0. The summed E-state index contributed by atoms with van der Waals surface area (Å²) in [4.78, 5) is 121. The Morgan fingerprint density at radius 1 is 0.447 bits per heavy atom. The van der Waals surface area contributed by atoms with Crippen LogP contribution in [0.15, 0.2) is 165 Å². The van der Waals surface area contributed by atoms with Gasteiger partial charge in [-0.05, 0) is 152 Å². The van der Waals surface area contributed by atoms with E-state index >= 15 is 0 Å². The van der Waals surface area contributed by atoms with Crippen molar-refractivity contribution in [3.8, 4) is 45.0 Å². The fourth-order valence-electron chi connectivity index (χ4n) is 15.8. The summed E-state index contributed by atoms with van der Waals surface area (Å²) in [5.41, 5.74) is 11.9. The Labute approximate surface area is 655 Å². The highest BCUT2D eigenvalue weighted by atomic mass is 19.1. The molecule has 9 aliphatic rings. The number of nitrogens with zero attached hydrogens (tertiary/aromatic N) is 22. The highest BCUT2D eigenvalue weighted by Gasteiger charge is 2.45. The van der Waals surface area contributed by atoms with Crippen LogP contribution in [0.25, 0.3) is 45.0 Å². The van der Waals surface area contributed by atoms with Crippen molar-refractivity contribution >= 4 is 87.5 Å². The molecule has 0 spiro atoms. The van der Waals surface area contributed by atoms with Gasteiger partial charge in [-0.1, -0.05) is 0 Å². The lowest BCUT2D eigenvalue weighted by Gasteiger charge is -2.36. The minimum atomic E-state index is -0.386. The number of aromatic nitrogens is 14. The number of fused-ring (bicyclic) bond motifs is 16. The normalized spacial score (nSPS) is 18.8. The first-order valence-corrected chi connectivity index (χ1v) is 38.2. The molecule has 20 rings (SSSR count). The zero-order chi connectivity index (χ0) is 78.3. The summed E-state index contributed by atoms with van der Waals surface area (Å²) in [6.07, 6.45) is 25.8. The summed E-state index contributed by atoms with van der Waals surface area (Å²) in [5, 5.41) is 16.1. The van der Waals surface area contributed by atoms with Crippen LogP contribution < -0.4 is 60.5 Å². The zero-order valence-electron chi connectivity index (χ0n) is 63.3. The lowest BCUT2D eigenvalue weighted by Crippen LogP contribution is -2.53. The molecular weight excluding hydrogens is 1460 g/mol.